The highest BCUT2D eigenvalue weighted by molar-refractivity contribution is 5.79. The van der Waals surface area contributed by atoms with E-state index in [1.165, 1.54) is 0 Å². The van der Waals surface area contributed by atoms with Crippen LogP contribution < -0.4 is 11.1 Å². The molecule has 1 aliphatic rings. The Hall–Kier alpha value is -0.610. The topological polar surface area (TPSA) is 75.3 Å². The minimum atomic E-state index is -0.321. The van der Waals surface area contributed by atoms with E-state index >= 15 is 0 Å². The Balaban J connectivity index is 2.41. The molecule has 2 unspecified atom stereocenters. The molecular weight excluding hydrogens is 192 g/mol. The average Bonchev–Trinajstić information content (AvgIpc) is 2.50. The Morgan fingerprint density at radius 3 is 2.67 bits per heavy atom. The Bertz CT molecular complexity index is 229. The Labute approximate surface area is 91.2 Å². The van der Waals surface area contributed by atoms with Crippen molar-refractivity contribution >= 4 is 5.91 Å². The average molecular weight is 214 g/mol. The van der Waals surface area contributed by atoms with Crippen molar-refractivity contribution < 1.29 is 9.90 Å². The number of aliphatic hydroxyl groups is 1. The van der Waals surface area contributed by atoms with Gasteiger partial charge >= 0.3 is 0 Å². The zero-order valence-electron chi connectivity index (χ0n) is 9.62. The molecule has 4 heteroatoms. The summed E-state index contributed by atoms with van der Waals surface area (Å²) in [6.45, 7) is 3.95. The third-order valence-corrected chi connectivity index (χ3v) is 3.04. The molecule has 0 heterocycles. The van der Waals surface area contributed by atoms with Crippen LogP contribution in [-0.2, 0) is 4.79 Å². The molecule has 1 fully saturated rings. The first-order valence-electron chi connectivity index (χ1n) is 5.63. The van der Waals surface area contributed by atoms with Gasteiger partial charge in [-0.25, -0.2) is 0 Å². The molecule has 15 heavy (non-hydrogen) atoms. The van der Waals surface area contributed by atoms with E-state index in [1.54, 1.807) is 0 Å². The molecule has 1 rings (SSSR count). The predicted octanol–water partition coefficient (Wildman–Crippen LogP) is 0.391. The van der Waals surface area contributed by atoms with Crippen LogP contribution in [0.25, 0.3) is 0 Å². The number of hydrogen-bond donors (Lipinski definition) is 3. The minimum absolute atomic E-state index is 0.0676. The van der Waals surface area contributed by atoms with Gasteiger partial charge in [-0.05, 0) is 39.5 Å². The van der Waals surface area contributed by atoms with E-state index < -0.39 is 0 Å². The van der Waals surface area contributed by atoms with Crippen LogP contribution >= 0.6 is 0 Å². The highest BCUT2D eigenvalue weighted by Gasteiger charge is 2.30. The number of aliphatic hydroxyl groups excluding tert-OH is 1. The number of amides is 1. The summed E-state index contributed by atoms with van der Waals surface area (Å²) in [4.78, 5) is 11.8. The van der Waals surface area contributed by atoms with Gasteiger partial charge in [0.05, 0.1) is 0 Å². The highest BCUT2D eigenvalue weighted by Crippen LogP contribution is 2.25. The maximum atomic E-state index is 11.8. The van der Waals surface area contributed by atoms with Gasteiger partial charge < -0.3 is 16.2 Å². The van der Waals surface area contributed by atoms with E-state index in [4.69, 9.17) is 10.8 Å². The zero-order valence-corrected chi connectivity index (χ0v) is 9.62. The minimum Gasteiger partial charge on any atom is -0.396 e. The first-order valence-corrected chi connectivity index (χ1v) is 5.63. The van der Waals surface area contributed by atoms with Crippen LogP contribution in [0.3, 0.4) is 0 Å². The summed E-state index contributed by atoms with van der Waals surface area (Å²) in [7, 11) is 0. The molecule has 4 nitrogen and oxygen atoms in total. The molecule has 0 aromatic carbocycles. The van der Waals surface area contributed by atoms with Crippen molar-refractivity contribution in [3.05, 3.63) is 0 Å². The Morgan fingerprint density at radius 2 is 2.20 bits per heavy atom. The van der Waals surface area contributed by atoms with Crippen LogP contribution in [0.1, 0.15) is 39.5 Å². The highest BCUT2D eigenvalue weighted by atomic mass is 16.3. The van der Waals surface area contributed by atoms with Crippen LogP contribution in [0.15, 0.2) is 0 Å². The van der Waals surface area contributed by atoms with Crippen LogP contribution in [0, 0.1) is 5.92 Å². The molecule has 1 amide bonds. The lowest BCUT2D eigenvalue weighted by Gasteiger charge is -2.27. The third-order valence-electron chi connectivity index (χ3n) is 3.04. The fraction of sp³-hybridized carbons (Fsp3) is 0.909. The van der Waals surface area contributed by atoms with Gasteiger partial charge in [0.1, 0.15) is 0 Å². The first kappa shape index (κ1) is 12.5. The van der Waals surface area contributed by atoms with E-state index in [9.17, 15) is 4.79 Å². The molecule has 0 aromatic heterocycles. The van der Waals surface area contributed by atoms with Crippen LogP contribution in [0.5, 0.6) is 0 Å². The SMILES string of the molecule is CC(C)(CCO)NC(=O)C1CCC(N)C1. The summed E-state index contributed by atoms with van der Waals surface area (Å²) < 4.78 is 0. The smallest absolute Gasteiger partial charge is 0.223 e. The molecule has 0 radical (unpaired) electrons. The monoisotopic (exact) mass is 214 g/mol. The molecule has 0 aliphatic heterocycles. The van der Waals surface area contributed by atoms with Crippen molar-refractivity contribution in [1.82, 2.24) is 5.32 Å². The standard InChI is InChI=1S/C11H22N2O2/c1-11(2,5-6-14)13-10(15)8-3-4-9(12)7-8/h8-9,14H,3-7,12H2,1-2H3,(H,13,15). The predicted molar refractivity (Wildman–Crippen MR) is 59.2 cm³/mol. The molecule has 88 valence electrons. The van der Waals surface area contributed by atoms with E-state index in [1.807, 2.05) is 13.8 Å². The fourth-order valence-corrected chi connectivity index (χ4v) is 2.03. The second-order valence-electron chi connectivity index (χ2n) is 5.12. The lowest BCUT2D eigenvalue weighted by atomic mass is 9.98. The molecule has 0 spiro atoms. The summed E-state index contributed by atoms with van der Waals surface area (Å²) in [5.41, 5.74) is 5.44. The van der Waals surface area contributed by atoms with Gasteiger partial charge in [0.2, 0.25) is 5.91 Å². The third kappa shape index (κ3) is 3.80. The largest absolute Gasteiger partial charge is 0.396 e. The van der Waals surface area contributed by atoms with Crippen molar-refractivity contribution in [2.75, 3.05) is 6.61 Å². The molecule has 0 saturated heterocycles. The molecular formula is C11H22N2O2. The van der Waals surface area contributed by atoms with Crippen molar-refractivity contribution in [1.29, 1.82) is 0 Å². The van der Waals surface area contributed by atoms with Gasteiger partial charge in [-0.3, -0.25) is 4.79 Å². The van der Waals surface area contributed by atoms with Crippen molar-refractivity contribution in [3.63, 3.8) is 0 Å². The van der Waals surface area contributed by atoms with Gasteiger partial charge in [-0.15, -0.1) is 0 Å². The van der Waals surface area contributed by atoms with Gasteiger partial charge in [0.25, 0.3) is 0 Å². The number of nitrogens with one attached hydrogen (secondary N) is 1. The zero-order chi connectivity index (χ0) is 11.5. The molecule has 0 aromatic rings. The Kier molecular flexibility index (Phi) is 4.11. The molecule has 0 bridgehead atoms. The maximum absolute atomic E-state index is 11.8. The first-order chi connectivity index (χ1) is 6.94. The second-order valence-corrected chi connectivity index (χ2v) is 5.12. The van der Waals surface area contributed by atoms with Gasteiger partial charge in [-0.2, -0.15) is 0 Å². The second kappa shape index (κ2) is 4.94. The van der Waals surface area contributed by atoms with Gasteiger partial charge in [0, 0.05) is 24.1 Å². The Morgan fingerprint density at radius 1 is 1.53 bits per heavy atom. The number of carbonyl (C=O) groups excluding carboxylic acids is 1. The number of nitrogens with two attached hydrogens (primary N) is 1. The summed E-state index contributed by atoms with van der Waals surface area (Å²) in [6, 6.07) is 0.182. The lowest BCUT2D eigenvalue weighted by molar-refractivity contribution is -0.126. The van der Waals surface area contributed by atoms with Crippen molar-refractivity contribution in [2.24, 2.45) is 11.7 Å². The number of rotatable bonds is 4. The molecule has 2 atom stereocenters. The van der Waals surface area contributed by atoms with E-state index in [0.29, 0.717) is 6.42 Å². The van der Waals surface area contributed by atoms with Crippen LogP contribution in [0.2, 0.25) is 0 Å². The van der Waals surface area contributed by atoms with E-state index in [0.717, 1.165) is 19.3 Å². The number of hydrogen-bond acceptors (Lipinski definition) is 3. The normalized spacial score (nSPS) is 26.7. The van der Waals surface area contributed by atoms with Crippen LogP contribution in [-0.4, -0.2) is 29.2 Å². The van der Waals surface area contributed by atoms with Gasteiger partial charge in [0.15, 0.2) is 0 Å². The number of carbonyl (C=O) groups is 1. The summed E-state index contributed by atoms with van der Waals surface area (Å²) >= 11 is 0. The van der Waals surface area contributed by atoms with Crippen molar-refractivity contribution in [3.8, 4) is 0 Å². The quantitative estimate of drug-likeness (QED) is 0.633. The summed E-state index contributed by atoms with van der Waals surface area (Å²) in [6.07, 6.45) is 3.21. The lowest BCUT2D eigenvalue weighted by Crippen LogP contribution is -2.46. The molecule has 1 aliphatic carbocycles. The van der Waals surface area contributed by atoms with E-state index in [-0.39, 0.29) is 30.0 Å². The van der Waals surface area contributed by atoms with Crippen molar-refractivity contribution in [2.45, 2.75) is 51.1 Å². The van der Waals surface area contributed by atoms with Crippen LogP contribution in [0.4, 0.5) is 0 Å². The molecule has 4 N–H and O–H groups in total. The fourth-order valence-electron chi connectivity index (χ4n) is 2.03. The maximum Gasteiger partial charge on any atom is 0.223 e. The summed E-state index contributed by atoms with van der Waals surface area (Å²) in [5, 5.41) is 11.8. The van der Waals surface area contributed by atoms with Gasteiger partial charge in [-0.1, -0.05) is 0 Å². The van der Waals surface area contributed by atoms with E-state index in [2.05, 4.69) is 5.32 Å². The molecule has 1 saturated carbocycles. The summed E-state index contributed by atoms with van der Waals surface area (Å²) in [5.74, 6) is 0.152.